The van der Waals surface area contributed by atoms with Crippen molar-refractivity contribution in [2.24, 2.45) is 11.3 Å². The van der Waals surface area contributed by atoms with Crippen LogP contribution in [0.1, 0.15) is 32.6 Å². The van der Waals surface area contributed by atoms with Crippen LogP contribution in [0.25, 0.3) is 0 Å². The fourth-order valence-corrected chi connectivity index (χ4v) is 4.11. The van der Waals surface area contributed by atoms with Gasteiger partial charge in [0.1, 0.15) is 5.92 Å². The first-order valence-electron chi connectivity index (χ1n) is 7.22. The number of esters is 1. The second kappa shape index (κ2) is 6.85. The molecule has 1 amide bonds. The van der Waals surface area contributed by atoms with Crippen LogP contribution in [-0.2, 0) is 14.3 Å². The minimum absolute atomic E-state index is 0.0297. The smallest absolute Gasteiger partial charge is 0.316 e. The van der Waals surface area contributed by atoms with Crippen LogP contribution in [0, 0.1) is 34.0 Å². The van der Waals surface area contributed by atoms with Crippen molar-refractivity contribution in [1.29, 1.82) is 10.5 Å². The maximum absolute atomic E-state index is 12.2. The van der Waals surface area contributed by atoms with Gasteiger partial charge in [-0.15, -0.1) is 0 Å². The molecule has 0 radical (unpaired) electrons. The van der Waals surface area contributed by atoms with Gasteiger partial charge >= 0.3 is 5.97 Å². The molecule has 1 saturated carbocycles. The van der Waals surface area contributed by atoms with E-state index in [1.807, 2.05) is 0 Å². The SMILES string of the molecule is CCOC(=O)CSC1=C(C#N)C2(CCCC2)[C@H](C#N)C(=O)N1. The van der Waals surface area contributed by atoms with Crippen LogP contribution in [0.4, 0.5) is 0 Å². The maximum atomic E-state index is 12.2. The molecule has 1 heterocycles. The zero-order valence-corrected chi connectivity index (χ0v) is 13.2. The van der Waals surface area contributed by atoms with Gasteiger partial charge in [-0.25, -0.2) is 0 Å². The van der Waals surface area contributed by atoms with E-state index < -0.39 is 17.3 Å². The third kappa shape index (κ3) is 2.82. The fraction of sp³-hybridized carbons (Fsp3) is 0.600. The first-order valence-corrected chi connectivity index (χ1v) is 8.21. The summed E-state index contributed by atoms with van der Waals surface area (Å²) in [6, 6.07) is 4.23. The van der Waals surface area contributed by atoms with Gasteiger partial charge in [0, 0.05) is 5.41 Å². The van der Waals surface area contributed by atoms with Gasteiger partial charge in [-0.3, -0.25) is 9.59 Å². The van der Waals surface area contributed by atoms with Gasteiger partial charge in [-0.1, -0.05) is 24.6 Å². The first kappa shape index (κ1) is 16.4. The van der Waals surface area contributed by atoms with Gasteiger partial charge in [-0.2, -0.15) is 10.5 Å². The Morgan fingerprint density at radius 3 is 2.68 bits per heavy atom. The minimum atomic E-state index is -0.836. The molecule has 1 atom stereocenters. The molecule has 116 valence electrons. The molecular formula is C15H17N3O3S. The van der Waals surface area contributed by atoms with E-state index in [4.69, 9.17) is 4.74 Å². The van der Waals surface area contributed by atoms with E-state index in [-0.39, 0.29) is 18.3 Å². The number of thioether (sulfide) groups is 1. The Morgan fingerprint density at radius 2 is 2.14 bits per heavy atom. The zero-order valence-electron chi connectivity index (χ0n) is 12.3. The van der Waals surface area contributed by atoms with Gasteiger partial charge in [0.25, 0.3) is 0 Å². The fourth-order valence-electron chi connectivity index (χ4n) is 3.20. The summed E-state index contributed by atoms with van der Waals surface area (Å²) in [5.74, 6) is -1.58. The van der Waals surface area contributed by atoms with Crippen LogP contribution < -0.4 is 5.32 Å². The Kier molecular flexibility index (Phi) is 5.10. The number of amides is 1. The lowest BCUT2D eigenvalue weighted by molar-refractivity contribution is -0.139. The molecule has 6 nitrogen and oxygen atoms in total. The summed E-state index contributed by atoms with van der Waals surface area (Å²) >= 11 is 1.10. The number of carbonyl (C=O) groups excluding carboxylic acids is 2. The molecule has 0 saturated heterocycles. The second-order valence-electron chi connectivity index (χ2n) is 5.32. The molecule has 2 rings (SSSR count). The van der Waals surface area contributed by atoms with E-state index in [1.54, 1.807) is 6.92 Å². The lowest BCUT2D eigenvalue weighted by Crippen LogP contribution is -2.46. The number of hydrogen-bond donors (Lipinski definition) is 1. The molecule has 0 unspecified atom stereocenters. The van der Waals surface area contributed by atoms with E-state index in [9.17, 15) is 20.1 Å². The van der Waals surface area contributed by atoms with Crippen molar-refractivity contribution >= 4 is 23.6 Å². The third-order valence-electron chi connectivity index (χ3n) is 4.15. The number of rotatable bonds is 4. The third-order valence-corrected chi connectivity index (χ3v) is 5.13. The van der Waals surface area contributed by atoms with Crippen molar-refractivity contribution in [1.82, 2.24) is 5.32 Å². The highest BCUT2D eigenvalue weighted by Gasteiger charge is 2.52. The van der Waals surface area contributed by atoms with Gasteiger partial charge in [-0.05, 0) is 19.8 Å². The van der Waals surface area contributed by atoms with Gasteiger partial charge in [0.15, 0.2) is 0 Å². The molecule has 1 fully saturated rings. The molecule has 22 heavy (non-hydrogen) atoms. The Labute approximate surface area is 133 Å². The van der Waals surface area contributed by atoms with Crippen molar-refractivity contribution < 1.29 is 14.3 Å². The van der Waals surface area contributed by atoms with Crippen LogP contribution >= 0.6 is 11.8 Å². The lowest BCUT2D eigenvalue weighted by Gasteiger charge is -2.37. The first-order chi connectivity index (χ1) is 10.6. The van der Waals surface area contributed by atoms with E-state index in [1.165, 1.54) is 0 Å². The summed E-state index contributed by atoms with van der Waals surface area (Å²) < 4.78 is 4.86. The molecule has 1 aliphatic heterocycles. The molecule has 1 N–H and O–H groups in total. The van der Waals surface area contributed by atoms with Crippen LogP contribution in [0.5, 0.6) is 0 Å². The molecular weight excluding hydrogens is 302 g/mol. The zero-order chi connectivity index (χ0) is 16.2. The molecule has 1 spiro atoms. The lowest BCUT2D eigenvalue weighted by atomic mass is 9.67. The number of allylic oxidation sites excluding steroid dienone is 1. The quantitative estimate of drug-likeness (QED) is 0.793. The van der Waals surface area contributed by atoms with Gasteiger partial charge < -0.3 is 10.1 Å². The summed E-state index contributed by atoms with van der Waals surface area (Å²) in [6.07, 6.45) is 3.11. The summed E-state index contributed by atoms with van der Waals surface area (Å²) in [7, 11) is 0. The standard InChI is InChI=1S/C15H17N3O3S/c1-2-21-12(19)9-22-14-11(8-17)15(5-3-4-6-15)10(7-16)13(20)18-14/h10H,2-6,9H2,1H3,(H,18,20)/t10-/m1/s1. The minimum Gasteiger partial charge on any atom is -0.465 e. The molecule has 2 aliphatic rings. The monoisotopic (exact) mass is 319 g/mol. The van der Waals surface area contributed by atoms with Crippen LogP contribution in [0.2, 0.25) is 0 Å². The topological polar surface area (TPSA) is 103 Å². The molecule has 7 heteroatoms. The number of hydrogen-bond acceptors (Lipinski definition) is 6. The van der Waals surface area contributed by atoms with Crippen molar-refractivity contribution in [2.45, 2.75) is 32.6 Å². The Bertz CT molecular complexity index is 594. The summed E-state index contributed by atoms with van der Waals surface area (Å²) in [4.78, 5) is 23.7. The largest absolute Gasteiger partial charge is 0.465 e. The molecule has 0 aromatic heterocycles. The molecule has 1 aliphatic carbocycles. The average molecular weight is 319 g/mol. The molecule has 0 bridgehead atoms. The number of nitrogens with one attached hydrogen (secondary N) is 1. The maximum Gasteiger partial charge on any atom is 0.316 e. The van der Waals surface area contributed by atoms with Crippen molar-refractivity contribution in [2.75, 3.05) is 12.4 Å². The highest BCUT2D eigenvalue weighted by atomic mass is 32.2. The second-order valence-corrected chi connectivity index (χ2v) is 6.31. The van der Waals surface area contributed by atoms with Crippen molar-refractivity contribution in [3.63, 3.8) is 0 Å². The number of nitriles is 2. The van der Waals surface area contributed by atoms with E-state index in [0.717, 1.165) is 24.6 Å². The van der Waals surface area contributed by atoms with E-state index >= 15 is 0 Å². The highest BCUT2D eigenvalue weighted by molar-refractivity contribution is 8.03. The Hall–Kier alpha value is -1.99. The summed E-state index contributed by atoms with van der Waals surface area (Å²) in [6.45, 7) is 2.01. The van der Waals surface area contributed by atoms with E-state index in [2.05, 4.69) is 17.5 Å². The summed E-state index contributed by atoms with van der Waals surface area (Å²) in [5, 5.41) is 21.9. The van der Waals surface area contributed by atoms with Gasteiger partial charge in [0.2, 0.25) is 5.91 Å². The molecule has 0 aromatic rings. The van der Waals surface area contributed by atoms with Crippen molar-refractivity contribution in [3.05, 3.63) is 10.6 Å². The van der Waals surface area contributed by atoms with Crippen LogP contribution in [0.15, 0.2) is 10.6 Å². The highest BCUT2D eigenvalue weighted by Crippen LogP contribution is 2.53. The summed E-state index contributed by atoms with van der Waals surface area (Å²) in [5.41, 5.74) is -0.256. The predicted octanol–water partition coefficient (Wildman–Crippen LogP) is 1.85. The normalized spacial score (nSPS) is 22.9. The number of nitrogens with zero attached hydrogens (tertiary/aromatic N) is 2. The van der Waals surface area contributed by atoms with Crippen LogP contribution in [-0.4, -0.2) is 24.2 Å². The molecule has 0 aromatic carbocycles. The van der Waals surface area contributed by atoms with E-state index in [0.29, 0.717) is 23.4 Å². The van der Waals surface area contributed by atoms with Crippen molar-refractivity contribution in [3.8, 4) is 12.1 Å². The number of carbonyl (C=O) groups is 2. The Morgan fingerprint density at radius 1 is 1.45 bits per heavy atom. The van der Waals surface area contributed by atoms with Gasteiger partial charge in [0.05, 0.1) is 35.1 Å². The van der Waals surface area contributed by atoms with Crippen LogP contribution in [0.3, 0.4) is 0 Å². The average Bonchev–Trinajstić information content (AvgIpc) is 2.95. The predicted molar refractivity (Wildman–Crippen MR) is 79.9 cm³/mol. The Balaban J connectivity index is 2.32. The number of ether oxygens (including phenoxy) is 1.